The fourth-order valence-electron chi connectivity index (χ4n) is 2.69. The Bertz CT molecular complexity index is 224. The molecule has 2 aliphatic heterocycles. The summed E-state index contributed by atoms with van der Waals surface area (Å²) >= 11 is 0. The van der Waals surface area contributed by atoms with E-state index in [-0.39, 0.29) is 12.0 Å². The first-order valence-corrected chi connectivity index (χ1v) is 6.23. The van der Waals surface area contributed by atoms with Crippen molar-refractivity contribution in [2.24, 2.45) is 5.41 Å². The Morgan fingerprint density at radius 1 is 1.44 bits per heavy atom. The van der Waals surface area contributed by atoms with Crippen LogP contribution >= 0.6 is 0 Å². The van der Waals surface area contributed by atoms with E-state index in [1.54, 1.807) is 0 Å². The summed E-state index contributed by atoms with van der Waals surface area (Å²) in [6.45, 7) is 5.02. The summed E-state index contributed by atoms with van der Waals surface area (Å²) < 4.78 is 5.25. The third-order valence-electron chi connectivity index (χ3n) is 3.92. The largest absolute Gasteiger partial charge is 0.396 e. The molecule has 2 aliphatic rings. The van der Waals surface area contributed by atoms with Crippen molar-refractivity contribution < 1.29 is 9.84 Å². The van der Waals surface area contributed by atoms with Gasteiger partial charge in [-0.2, -0.15) is 0 Å². The summed E-state index contributed by atoms with van der Waals surface area (Å²) in [4.78, 5) is 4.81. The van der Waals surface area contributed by atoms with Crippen LogP contribution in [0.15, 0.2) is 0 Å². The molecule has 2 fully saturated rings. The Morgan fingerprint density at radius 3 is 2.69 bits per heavy atom. The Balaban J connectivity index is 1.85. The number of aliphatic hydroxyl groups excluding tert-OH is 1. The molecule has 94 valence electrons. The quantitative estimate of drug-likeness (QED) is 0.736. The molecule has 4 nitrogen and oxygen atoms in total. The van der Waals surface area contributed by atoms with Crippen LogP contribution in [0.5, 0.6) is 0 Å². The van der Waals surface area contributed by atoms with Gasteiger partial charge < -0.3 is 19.6 Å². The third-order valence-corrected chi connectivity index (χ3v) is 3.92. The standard InChI is InChI=1S/C12H24N2O2/c1-13(2)11-4-3-5-14(6-11)7-12(8-15)9-16-10-12/h11,15H,3-10H2,1-2H3. The van der Waals surface area contributed by atoms with Crippen molar-refractivity contribution in [2.75, 3.05) is 53.6 Å². The second-order valence-corrected chi connectivity index (χ2v) is 5.65. The van der Waals surface area contributed by atoms with Crippen molar-refractivity contribution in [3.05, 3.63) is 0 Å². The van der Waals surface area contributed by atoms with Crippen LogP contribution < -0.4 is 0 Å². The zero-order valence-electron chi connectivity index (χ0n) is 10.5. The van der Waals surface area contributed by atoms with Gasteiger partial charge in [0.25, 0.3) is 0 Å². The first kappa shape index (κ1) is 12.3. The monoisotopic (exact) mass is 228 g/mol. The van der Waals surface area contributed by atoms with Crippen LogP contribution in [-0.4, -0.2) is 74.5 Å². The molecule has 1 atom stereocenters. The Labute approximate surface area is 98.2 Å². The number of likely N-dealkylation sites (N-methyl/N-ethyl adjacent to an activating group) is 1. The van der Waals surface area contributed by atoms with Crippen molar-refractivity contribution in [1.82, 2.24) is 9.80 Å². The molecule has 0 amide bonds. The lowest BCUT2D eigenvalue weighted by Gasteiger charge is -2.46. The molecule has 0 aromatic rings. The van der Waals surface area contributed by atoms with E-state index in [4.69, 9.17) is 4.74 Å². The number of piperidine rings is 1. The molecule has 2 rings (SSSR count). The van der Waals surface area contributed by atoms with Gasteiger partial charge in [0.2, 0.25) is 0 Å². The second-order valence-electron chi connectivity index (χ2n) is 5.65. The second kappa shape index (κ2) is 5.00. The van der Waals surface area contributed by atoms with Crippen molar-refractivity contribution in [3.8, 4) is 0 Å². The van der Waals surface area contributed by atoms with E-state index in [2.05, 4.69) is 23.9 Å². The molecule has 0 radical (unpaired) electrons. The molecule has 0 aliphatic carbocycles. The number of hydrogen-bond donors (Lipinski definition) is 1. The summed E-state index contributed by atoms with van der Waals surface area (Å²) in [5.74, 6) is 0. The number of hydrogen-bond acceptors (Lipinski definition) is 4. The van der Waals surface area contributed by atoms with E-state index in [0.717, 1.165) is 26.3 Å². The Morgan fingerprint density at radius 2 is 2.19 bits per heavy atom. The third kappa shape index (κ3) is 2.56. The molecule has 1 N–H and O–H groups in total. The molecule has 0 bridgehead atoms. The van der Waals surface area contributed by atoms with E-state index in [0.29, 0.717) is 6.04 Å². The molecule has 0 spiro atoms. The summed E-state index contributed by atoms with van der Waals surface area (Å²) in [6, 6.07) is 0.672. The maximum absolute atomic E-state index is 9.43. The van der Waals surface area contributed by atoms with Crippen LogP contribution in [0.25, 0.3) is 0 Å². The van der Waals surface area contributed by atoms with Gasteiger partial charge in [-0.1, -0.05) is 0 Å². The lowest BCUT2D eigenvalue weighted by atomic mass is 9.85. The highest BCUT2D eigenvalue weighted by Gasteiger charge is 2.40. The minimum atomic E-state index is 0.0359. The average molecular weight is 228 g/mol. The van der Waals surface area contributed by atoms with E-state index < -0.39 is 0 Å². The van der Waals surface area contributed by atoms with E-state index in [9.17, 15) is 5.11 Å². The minimum absolute atomic E-state index is 0.0359. The first-order valence-electron chi connectivity index (χ1n) is 6.23. The van der Waals surface area contributed by atoms with Gasteiger partial charge in [-0.05, 0) is 33.5 Å². The molecule has 16 heavy (non-hydrogen) atoms. The average Bonchev–Trinajstić information content (AvgIpc) is 2.24. The number of aliphatic hydroxyl groups is 1. The van der Waals surface area contributed by atoms with E-state index in [1.807, 2.05) is 0 Å². The maximum atomic E-state index is 9.43. The lowest BCUT2D eigenvalue weighted by molar-refractivity contribution is -0.150. The molecular weight excluding hydrogens is 204 g/mol. The highest BCUT2D eigenvalue weighted by atomic mass is 16.5. The van der Waals surface area contributed by atoms with Gasteiger partial charge in [0.05, 0.1) is 25.2 Å². The maximum Gasteiger partial charge on any atom is 0.0579 e. The van der Waals surface area contributed by atoms with Gasteiger partial charge >= 0.3 is 0 Å². The van der Waals surface area contributed by atoms with Gasteiger partial charge in [-0.25, -0.2) is 0 Å². The van der Waals surface area contributed by atoms with Gasteiger partial charge in [0.15, 0.2) is 0 Å². The summed E-state index contributed by atoms with van der Waals surface area (Å²) in [5.41, 5.74) is 0.0359. The van der Waals surface area contributed by atoms with Crippen molar-refractivity contribution in [2.45, 2.75) is 18.9 Å². The van der Waals surface area contributed by atoms with Crippen molar-refractivity contribution >= 4 is 0 Å². The molecule has 2 heterocycles. The van der Waals surface area contributed by atoms with Crippen LogP contribution in [0.2, 0.25) is 0 Å². The fraction of sp³-hybridized carbons (Fsp3) is 1.00. The summed E-state index contributed by atoms with van der Waals surface area (Å²) in [6.07, 6.45) is 2.57. The fourth-order valence-corrected chi connectivity index (χ4v) is 2.69. The topological polar surface area (TPSA) is 35.9 Å². The predicted molar refractivity (Wildman–Crippen MR) is 63.5 cm³/mol. The smallest absolute Gasteiger partial charge is 0.0579 e. The number of rotatable bonds is 4. The molecular formula is C12H24N2O2. The van der Waals surface area contributed by atoms with Gasteiger partial charge in [0.1, 0.15) is 0 Å². The first-order chi connectivity index (χ1) is 7.65. The van der Waals surface area contributed by atoms with Crippen LogP contribution in [0.3, 0.4) is 0 Å². The van der Waals surface area contributed by atoms with Gasteiger partial charge in [-0.3, -0.25) is 0 Å². The Kier molecular flexibility index (Phi) is 3.85. The minimum Gasteiger partial charge on any atom is -0.396 e. The lowest BCUT2D eigenvalue weighted by Crippen LogP contribution is -2.56. The van der Waals surface area contributed by atoms with Crippen LogP contribution in [0.4, 0.5) is 0 Å². The molecule has 0 saturated carbocycles. The van der Waals surface area contributed by atoms with Gasteiger partial charge in [0, 0.05) is 19.1 Å². The normalized spacial score (nSPS) is 30.4. The predicted octanol–water partition coefficient (Wildman–Crippen LogP) is 0.0213. The Hall–Kier alpha value is -0.160. The highest BCUT2D eigenvalue weighted by molar-refractivity contribution is 4.90. The summed E-state index contributed by atoms with van der Waals surface area (Å²) in [5, 5.41) is 9.43. The SMILES string of the molecule is CN(C)C1CCCN(CC2(CO)COC2)C1. The van der Waals surface area contributed by atoms with Crippen LogP contribution in [0, 0.1) is 5.41 Å². The van der Waals surface area contributed by atoms with Crippen molar-refractivity contribution in [1.29, 1.82) is 0 Å². The molecule has 4 heteroatoms. The van der Waals surface area contributed by atoms with Crippen molar-refractivity contribution in [3.63, 3.8) is 0 Å². The molecule has 2 saturated heterocycles. The molecule has 1 unspecified atom stereocenters. The van der Waals surface area contributed by atoms with Crippen LogP contribution in [-0.2, 0) is 4.74 Å². The van der Waals surface area contributed by atoms with Crippen LogP contribution in [0.1, 0.15) is 12.8 Å². The zero-order chi connectivity index (χ0) is 11.6. The van der Waals surface area contributed by atoms with E-state index >= 15 is 0 Å². The molecule has 0 aromatic carbocycles. The van der Waals surface area contributed by atoms with Gasteiger partial charge in [-0.15, -0.1) is 0 Å². The number of likely N-dealkylation sites (tertiary alicyclic amines) is 1. The van der Waals surface area contributed by atoms with E-state index in [1.165, 1.54) is 19.4 Å². The number of nitrogens with zero attached hydrogens (tertiary/aromatic N) is 2. The summed E-state index contributed by atoms with van der Waals surface area (Å²) in [7, 11) is 4.31. The number of ether oxygens (including phenoxy) is 1. The highest BCUT2D eigenvalue weighted by Crippen LogP contribution is 2.29. The molecule has 0 aromatic heterocycles. The zero-order valence-corrected chi connectivity index (χ0v) is 10.5.